The molecule has 0 radical (unpaired) electrons. The van der Waals surface area contributed by atoms with E-state index in [4.69, 9.17) is 9.47 Å². The van der Waals surface area contributed by atoms with Gasteiger partial charge >= 0.3 is 0 Å². The Hall–Kier alpha value is -0.900. The van der Waals surface area contributed by atoms with Crippen molar-refractivity contribution in [2.75, 3.05) is 33.5 Å². The predicted octanol–water partition coefficient (Wildman–Crippen LogP) is 2.56. The molecule has 1 unspecified atom stereocenters. The van der Waals surface area contributed by atoms with Crippen molar-refractivity contribution < 1.29 is 9.47 Å². The maximum atomic E-state index is 5.61. The normalized spacial score (nSPS) is 12.6. The molecule has 0 bridgehead atoms. The van der Waals surface area contributed by atoms with E-state index in [2.05, 4.69) is 36.5 Å². The molecule has 0 saturated carbocycles. The van der Waals surface area contributed by atoms with Crippen LogP contribution in [0.15, 0.2) is 24.3 Å². The summed E-state index contributed by atoms with van der Waals surface area (Å²) in [5.74, 6) is 0. The second kappa shape index (κ2) is 9.09. The van der Waals surface area contributed by atoms with Crippen molar-refractivity contribution in [1.29, 1.82) is 0 Å². The minimum Gasteiger partial charge on any atom is -0.379 e. The minimum atomic E-state index is 0.248. The lowest BCUT2D eigenvalue weighted by Crippen LogP contribution is -2.22. The number of nitrogens with one attached hydrogen (secondary N) is 1. The van der Waals surface area contributed by atoms with Gasteiger partial charge in [-0.2, -0.15) is 0 Å². The SMILES string of the molecule is CCOCCOCC(NC)c1ccc(CC)cc1. The fraction of sp³-hybridized carbons (Fsp3) is 0.600. The van der Waals surface area contributed by atoms with Crippen molar-refractivity contribution in [3.63, 3.8) is 0 Å². The van der Waals surface area contributed by atoms with E-state index < -0.39 is 0 Å². The lowest BCUT2D eigenvalue weighted by Gasteiger charge is -2.17. The smallest absolute Gasteiger partial charge is 0.0701 e. The number of hydrogen-bond acceptors (Lipinski definition) is 3. The summed E-state index contributed by atoms with van der Waals surface area (Å²) in [6, 6.07) is 8.95. The molecule has 0 aliphatic rings. The van der Waals surface area contributed by atoms with Gasteiger partial charge < -0.3 is 14.8 Å². The van der Waals surface area contributed by atoms with E-state index in [9.17, 15) is 0 Å². The number of likely N-dealkylation sites (N-methyl/N-ethyl adjacent to an activating group) is 1. The van der Waals surface area contributed by atoms with Crippen molar-refractivity contribution in [3.8, 4) is 0 Å². The zero-order chi connectivity index (χ0) is 13.2. The topological polar surface area (TPSA) is 30.5 Å². The second-order valence-electron chi connectivity index (χ2n) is 4.21. The van der Waals surface area contributed by atoms with Crippen LogP contribution in [0.1, 0.15) is 31.0 Å². The summed E-state index contributed by atoms with van der Waals surface area (Å²) in [5.41, 5.74) is 2.64. The molecule has 18 heavy (non-hydrogen) atoms. The number of rotatable bonds is 9. The summed E-state index contributed by atoms with van der Waals surface area (Å²) in [7, 11) is 1.96. The molecule has 0 amide bonds. The fourth-order valence-corrected chi connectivity index (χ4v) is 1.80. The van der Waals surface area contributed by atoms with Crippen LogP contribution in [0, 0.1) is 0 Å². The molecule has 0 saturated heterocycles. The van der Waals surface area contributed by atoms with E-state index in [0.717, 1.165) is 13.0 Å². The summed E-state index contributed by atoms with van der Waals surface area (Å²) in [5, 5.41) is 3.28. The Kier molecular flexibility index (Phi) is 7.65. The van der Waals surface area contributed by atoms with Gasteiger partial charge in [-0.1, -0.05) is 31.2 Å². The third-order valence-electron chi connectivity index (χ3n) is 3.00. The van der Waals surface area contributed by atoms with Crippen LogP contribution in [0.3, 0.4) is 0 Å². The first-order chi connectivity index (χ1) is 8.81. The Balaban J connectivity index is 2.39. The van der Waals surface area contributed by atoms with E-state index >= 15 is 0 Å². The molecule has 3 heteroatoms. The third-order valence-corrected chi connectivity index (χ3v) is 3.00. The van der Waals surface area contributed by atoms with Crippen molar-refractivity contribution in [2.24, 2.45) is 0 Å². The van der Waals surface area contributed by atoms with Gasteiger partial charge in [0.15, 0.2) is 0 Å². The average Bonchev–Trinajstić information content (AvgIpc) is 2.43. The van der Waals surface area contributed by atoms with Crippen molar-refractivity contribution in [2.45, 2.75) is 26.3 Å². The second-order valence-corrected chi connectivity index (χ2v) is 4.21. The van der Waals surface area contributed by atoms with Crippen LogP contribution in [-0.4, -0.2) is 33.5 Å². The van der Waals surface area contributed by atoms with E-state index in [1.54, 1.807) is 0 Å². The minimum absolute atomic E-state index is 0.248. The van der Waals surface area contributed by atoms with Crippen LogP contribution < -0.4 is 5.32 Å². The van der Waals surface area contributed by atoms with E-state index in [0.29, 0.717) is 19.8 Å². The number of aryl methyl sites for hydroxylation is 1. The lowest BCUT2D eigenvalue weighted by molar-refractivity contribution is 0.0441. The zero-order valence-electron chi connectivity index (χ0n) is 11.7. The molecule has 0 aliphatic carbocycles. The fourth-order valence-electron chi connectivity index (χ4n) is 1.80. The average molecular weight is 251 g/mol. The lowest BCUT2D eigenvalue weighted by atomic mass is 10.0. The molecule has 0 heterocycles. The molecule has 0 aliphatic heterocycles. The Labute approximate surface area is 110 Å². The quantitative estimate of drug-likeness (QED) is 0.684. The van der Waals surface area contributed by atoms with Crippen LogP contribution in [0.5, 0.6) is 0 Å². The molecule has 1 aromatic carbocycles. The Morgan fingerprint density at radius 2 is 1.72 bits per heavy atom. The summed E-state index contributed by atoms with van der Waals surface area (Å²) in [6.45, 7) is 6.90. The molecular formula is C15H25NO2. The maximum absolute atomic E-state index is 5.61. The van der Waals surface area contributed by atoms with Crippen LogP contribution in [-0.2, 0) is 15.9 Å². The Morgan fingerprint density at radius 1 is 1.06 bits per heavy atom. The van der Waals surface area contributed by atoms with Gasteiger partial charge in [-0.3, -0.25) is 0 Å². The standard InChI is InChI=1S/C15H25NO2/c1-4-13-6-8-14(9-7-13)15(16-3)12-18-11-10-17-5-2/h6-9,15-16H,4-5,10-12H2,1-3H3. The van der Waals surface area contributed by atoms with Crippen molar-refractivity contribution in [1.82, 2.24) is 5.32 Å². The summed E-state index contributed by atoms with van der Waals surface area (Å²) >= 11 is 0. The van der Waals surface area contributed by atoms with Gasteiger partial charge in [-0.25, -0.2) is 0 Å². The van der Waals surface area contributed by atoms with Gasteiger partial charge in [0.05, 0.1) is 25.9 Å². The molecule has 0 fully saturated rings. The molecule has 0 aromatic heterocycles. The van der Waals surface area contributed by atoms with Crippen LogP contribution in [0.2, 0.25) is 0 Å². The number of benzene rings is 1. The number of hydrogen-bond donors (Lipinski definition) is 1. The third kappa shape index (κ3) is 5.17. The first-order valence-corrected chi connectivity index (χ1v) is 6.73. The van der Waals surface area contributed by atoms with Gasteiger partial charge in [0.2, 0.25) is 0 Å². The Morgan fingerprint density at radius 3 is 2.28 bits per heavy atom. The first kappa shape index (κ1) is 15.2. The van der Waals surface area contributed by atoms with Crippen molar-refractivity contribution in [3.05, 3.63) is 35.4 Å². The molecule has 3 nitrogen and oxygen atoms in total. The molecule has 102 valence electrons. The molecule has 1 aromatic rings. The highest BCUT2D eigenvalue weighted by Gasteiger charge is 2.08. The van der Waals surface area contributed by atoms with Gasteiger partial charge in [-0.05, 0) is 31.5 Å². The van der Waals surface area contributed by atoms with Crippen molar-refractivity contribution >= 4 is 0 Å². The molecule has 1 rings (SSSR count). The van der Waals surface area contributed by atoms with Gasteiger partial charge in [0, 0.05) is 6.61 Å². The highest BCUT2D eigenvalue weighted by Crippen LogP contribution is 2.14. The molecular weight excluding hydrogens is 226 g/mol. The van der Waals surface area contributed by atoms with E-state index in [-0.39, 0.29) is 6.04 Å². The highest BCUT2D eigenvalue weighted by atomic mass is 16.5. The first-order valence-electron chi connectivity index (χ1n) is 6.73. The van der Waals surface area contributed by atoms with Gasteiger partial charge in [-0.15, -0.1) is 0 Å². The number of ether oxygens (including phenoxy) is 2. The van der Waals surface area contributed by atoms with Gasteiger partial charge in [0.25, 0.3) is 0 Å². The van der Waals surface area contributed by atoms with E-state index in [1.807, 2.05) is 14.0 Å². The maximum Gasteiger partial charge on any atom is 0.0701 e. The van der Waals surface area contributed by atoms with E-state index in [1.165, 1.54) is 11.1 Å². The summed E-state index contributed by atoms with van der Waals surface area (Å²) < 4.78 is 10.9. The predicted molar refractivity (Wildman–Crippen MR) is 74.9 cm³/mol. The van der Waals surface area contributed by atoms with Crippen LogP contribution >= 0.6 is 0 Å². The molecule has 1 atom stereocenters. The monoisotopic (exact) mass is 251 g/mol. The summed E-state index contributed by atoms with van der Waals surface area (Å²) in [6.07, 6.45) is 1.08. The van der Waals surface area contributed by atoms with Gasteiger partial charge in [0.1, 0.15) is 0 Å². The Bertz CT molecular complexity index is 311. The summed E-state index contributed by atoms with van der Waals surface area (Å²) in [4.78, 5) is 0. The largest absolute Gasteiger partial charge is 0.379 e. The molecule has 1 N–H and O–H groups in total. The highest BCUT2D eigenvalue weighted by molar-refractivity contribution is 5.25. The van der Waals surface area contributed by atoms with Crippen LogP contribution in [0.25, 0.3) is 0 Å². The van der Waals surface area contributed by atoms with Crippen LogP contribution in [0.4, 0.5) is 0 Å². The molecule has 0 spiro atoms. The zero-order valence-corrected chi connectivity index (χ0v) is 11.7.